The quantitative estimate of drug-likeness (QED) is 0.674. The number of nitrogens with zero attached hydrogens (tertiary/aromatic N) is 3. The van der Waals surface area contributed by atoms with Crippen LogP contribution in [0.4, 0.5) is 0 Å². The van der Waals surface area contributed by atoms with E-state index in [1.807, 2.05) is 0 Å². The van der Waals surface area contributed by atoms with Crippen LogP contribution in [0, 0.1) is 0 Å². The third-order valence-corrected chi connectivity index (χ3v) is 5.02. The summed E-state index contributed by atoms with van der Waals surface area (Å²) in [5, 5.41) is 2.32. The van der Waals surface area contributed by atoms with Gasteiger partial charge in [-0.15, -0.1) is 10.7 Å². The summed E-state index contributed by atoms with van der Waals surface area (Å²) in [6.45, 7) is 9.63. The van der Waals surface area contributed by atoms with E-state index in [0.717, 1.165) is 0 Å². The van der Waals surface area contributed by atoms with Crippen molar-refractivity contribution in [2.24, 2.45) is 0 Å². The van der Waals surface area contributed by atoms with Gasteiger partial charge in [-0.3, -0.25) is 4.31 Å². The predicted octanol–water partition coefficient (Wildman–Crippen LogP) is 1.19. The molecular formula is C12H27N3S. The van der Waals surface area contributed by atoms with E-state index in [4.69, 9.17) is 0 Å². The first kappa shape index (κ1) is 14.2. The van der Waals surface area contributed by atoms with Gasteiger partial charge >= 0.3 is 0 Å². The van der Waals surface area contributed by atoms with Gasteiger partial charge in [0.05, 0.1) is 0 Å². The maximum atomic E-state index is 2.60. The van der Waals surface area contributed by atoms with Gasteiger partial charge in [-0.1, -0.05) is 5.37 Å². The lowest BCUT2D eigenvalue weighted by atomic mass is 10.3. The highest BCUT2D eigenvalue weighted by Crippen LogP contribution is 2.16. The average Bonchev–Trinajstić information content (AvgIpc) is 2.28. The molecule has 0 spiro atoms. The molecule has 3 nitrogen and oxygen atoms in total. The van der Waals surface area contributed by atoms with Crippen LogP contribution >= 0.6 is 10.7 Å². The zero-order valence-electron chi connectivity index (χ0n) is 11.3. The molecule has 1 fully saturated rings. The second-order valence-electron chi connectivity index (χ2n) is 4.69. The van der Waals surface area contributed by atoms with Crippen LogP contribution in [-0.4, -0.2) is 79.1 Å². The summed E-state index contributed by atoms with van der Waals surface area (Å²) in [4.78, 5) is 4.87. The van der Waals surface area contributed by atoms with E-state index in [1.54, 1.807) is 0 Å². The maximum absolute atomic E-state index is 2.60. The zero-order valence-corrected chi connectivity index (χ0v) is 12.1. The van der Waals surface area contributed by atoms with Crippen molar-refractivity contribution in [3.05, 3.63) is 0 Å². The Labute approximate surface area is 103 Å². The second-order valence-corrected chi connectivity index (χ2v) is 6.72. The fourth-order valence-electron chi connectivity index (χ4n) is 2.00. The molecule has 0 aliphatic carbocycles. The molecule has 16 heavy (non-hydrogen) atoms. The molecule has 0 aromatic carbocycles. The van der Waals surface area contributed by atoms with E-state index in [9.17, 15) is 0 Å². The van der Waals surface area contributed by atoms with Crippen LogP contribution in [0.25, 0.3) is 0 Å². The van der Waals surface area contributed by atoms with Crippen molar-refractivity contribution in [1.29, 1.82) is 0 Å². The molecule has 1 atom stereocenters. The monoisotopic (exact) mass is 245 g/mol. The van der Waals surface area contributed by atoms with Crippen molar-refractivity contribution in [2.45, 2.75) is 13.3 Å². The molecule has 1 aliphatic rings. The Hall–Kier alpha value is 0.1000. The van der Waals surface area contributed by atoms with Gasteiger partial charge in [0.15, 0.2) is 0 Å². The van der Waals surface area contributed by atoms with E-state index in [-0.39, 0.29) is 0 Å². The molecule has 0 N–H and O–H groups in total. The first-order chi connectivity index (χ1) is 7.63. The SMILES string of the molecule is CC=S(C)N1CCN(CCCN(C)C)CC1. The molecule has 1 unspecified atom stereocenters. The van der Waals surface area contributed by atoms with Crippen molar-refractivity contribution in [3.63, 3.8) is 0 Å². The Morgan fingerprint density at radius 2 is 1.81 bits per heavy atom. The molecule has 1 heterocycles. The van der Waals surface area contributed by atoms with Gasteiger partial charge in [-0.05, 0) is 46.8 Å². The van der Waals surface area contributed by atoms with Crippen LogP contribution in [0.3, 0.4) is 0 Å². The molecule has 0 saturated carbocycles. The minimum absolute atomic E-state index is 0.382. The van der Waals surface area contributed by atoms with E-state index >= 15 is 0 Å². The van der Waals surface area contributed by atoms with Crippen molar-refractivity contribution in [3.8, 4) is 0 Å². The second kappa shape index (κ2) is 7.43. The van der Waals surface area contributed by atoms with E-state index < -0.39 is 0 Å². The highest BCUT2D eigenvalue weighted by Gasteiger charge is 2.16. The summed E-state index contributed by atoms with van der Waals surface area (Å²) in [5.74, 6) is 0. The van der Waals surface area contributed by atoms with Gasteiger partial charge in [0.25, 0.3) is 0 Å². The van der Waals surface area contributed by atoms with Crippen LogP contribution in [0.15, 0.2) is 0 Å². The van der Waals surface area contributed by atoms with Crippen LogP contribution in [0.5, 0.6) is 0 Å². The summed E-state index contributed by atoms with van der Waals surface area (Å²) >= 11 is 0. The summed E-state index contributed by atoms with van der Waals surface area (Å²) in [6.07, 6.45) is 3.62. The van der Waals surface area contributed by atoms with E-state index in [0.29, 0.717) is 10.7 Å². The largest absolute Gasteiger partial charge is 0.309 e. The summed E-state index contributed by atoms with van der Waals surface area (Å²) in [5.41, 5.74) is 0. The lowest BCUT2D eigenvalue weighted by molar-refractivity contribution is 0.188. The van der Waals surface area contributed by atoms with Crippen molar-refractivity contribution in [1.82, 2.24) is 14.1 Å². The Bertz CT molecular complexity index is 220. The van der Waals surface area contributed by atoms with Gasteiger partial charge < -0.3 is 9.80 Å². The zero-order chi connectivity index (χ0) is 12.0. The topological polar surface area (TPSA) is 9.72 Å². The lowest BCUT2D eigenvalue weighted by Crippen LogP contribution is -2.44. The molecule has 1 saturated heterocycles. The highest BCUT2D eigenvalue weighted by molar-refractivity contribution is 8.12. The molecule has 0 amide bonds. The van der Waals surface area contributed by atoms with Crippen LogP contribution in [-0.2, 0) is 0 Å². The molecule has 0 aromatic heterocycles. The van der Waals surface area contributed by atoms with Crippen LogP contribution in [0.2, 0.25) is 0 Å². The fourth-order valence-corrected chi connectivity index (χ4v) is 3.04. The third kappa shape index (κ3) is 4.95. The smallest absolute Gasteiger partial charge is 0.0213 e. The summed E-state index contributed by atoms with van der Waals surface area (Å²) in [7, 11) is 4.68. The van der Waals surface area contributed by atoms with Gasteiger partial charge in [0.2, 0.25) is 0 Å². The first-order valence-corrected chi connectivity index (χ1v) is 7.85. The standard InChI is InChI=1S/C12H27N3S/c1-5-16(4)15-11-9-14(10-12-15)8-6-7-13(2)3/h5H,6-12H2,1-4H3. The van der Waals surface area contributed by atoms with Crippen LogP contribution < -0.4 is 0 Å². The number of piperazine rings is 1. The first-order valence-electron chi connectivity index (χ1n) is 6.20. The van der Waals surface area contributed by atoms with Crippen molar-refractivity contribution < 1.29 is 0 Å². The minimum Gasteiger partial charge on any atom is -0.309 e. The highest BCUT2D eigenvalue weighted by atomic mass is 32.2. The van der Waals surface area contributed by atoms with Crippen molar-refractivity contribution in [2.75, 3.05) is 59.6 Å². The Morgan fingerprint density at radius 3 is 2.31 bits per heavy atom. The Kier molecular flexibility index (Phi) is 6.58. The molecule has 1 aliphatic heterocycles. The van der Waals surface area contributed by atoms with E-state index in [1.165, 1.54) is 45.7 Å². The maximum Gasteiger partial charge on any atom is 0.0213 e. The van der Waals surface area contributed by atoms with Crippen LogP contribution in [0.1, 0.15) is 13.3 Å². The number of hydrogen-bond acceptors (Lipinski definition) is 3. The minimum atomic E-state index is 0.382. The van der Waals surface area contributed by atoms with Gasteiger partial charge in [0, 0.05) is 26.2 Å². The lowest BCUT2D eigenvalue weighted by Gasteiger charge is -2.35. The molecule has 0 radical (unpaired) electrons. The third-order valence-electron chi connectivity index (χ3n) is 3.16. The molecule has 1 rings (SSSR count). The normalized spacial score (nSPS) is 21.8. The Morgan fingerprint density at radius 1 is 1.19 bits per heavy atom. The molecule has 0 bridgehead atoms. The Balaban J connectivity index is 2.17. The van der Waals surface area contributed by atoms with E-state index in [2.05, 4.69) is 46.7 Å². The van der Waals surface area contributed by atoms with Crippen molar-refractivity contribution >= 4 is 16.0 Å². The van der Waals surface area contributed by atoms with Gasteiger partial charge in [-0.2, -0.15) is 0 Å². The molecule has 0 aromatic rings. The molecule has 96 valence electrons. The average molecular weight is 245 g/mol. The summed E-state index contributed by atoms with van der Waals surface area (Å²) < 4.78 is 2.60. The fraction of sp³-hybridized carbons (Fsp3) is 0.917. The number of rotatable bonds is 5. The van der Waals surface area contributed by atoms with Gasteiger partial charge in [-0.25, -0.2) is 0 Å². The molecular weight excluding hydrogens is 218 g/mol. The predicted molar refractivity (Wildman–Crippen MR) is 76.4 cm³/mol. The molecule has 4 heteroatoms. The summed E-state index contributed by atoms with van der Waals surface area (Å²) in [6, 6.07) is 0. The van der Waals surface area contributed by atoms with Gasteiger partial charge in [0.1, 0.15) is 0 Å². The number of hydrogen-bond donors (Lipinski definition) is 0.